The van der Waals surface area contributed by atoms with Crippen molar-refractivity contribution in [3.05, 3.63) is 6.54 Å². The van der Waals surface area contributed by atoms with E-state index in [9.17, 15) is 0 Å². The zero-order chi connectivity index (χ0) is 4.41. The lowest BCUT2D eigenvalue weighted by atomic mass is 10.3. The second-order valence-corrected chi connectivity index (χ2v) is 1.28. The van der Waals surface area contributed by atoms with Crippen molar-refractivity contribution in [1.29, 1.82) is 0 Å². The van der Waals surface area contributed by atoms with Crippen LogP contribution in [0, 0.1) is 6.54 Å². The van der Waals surface area contributed by atoms with Crippen LogP contribution in [0.5, 0.6) is 0 Å². The van der Waals surface area contributed by atoms with Gasteiger partial charge in [-0.1, -0.05) is 6.42 Å². The Morgan fingerprint density at radius 3 is 3.00 bits per heavy atom. The molecule has 0 fully saturated rings. The first-order valence-corrected chi connectivity index (χ1v) is 1.92. The quantitative estimate of drug-likeness (QED) is 0.411. The number of hydrogen-bond donors (Lipinski definition) is 1. The van der Waals surface area contributed by atoms with E-state index in [2.05, 4.69) is 4.99 Å². The van der Waals surface area contributed by atoms with E-state index in [1.54, 1.807) is 6.54 Å². The van der Waals surface area contributed by atoms with E-state index in [1.165, 1.54) is 6.21 Å². The molecule has 0 aromatic heterocycles. The molecule has 1 N–H and O–H groups in total. The Hall–Kier alpha value is -0.500. The molecule has 6 heavy (non-hydrogen) atoms. The fourth-order valence-electron chi connectivity index (χ4n) is 0.390. The zero-order valence-electron chi connectivity index (χ0n) is 3.33. The van der Waals surface area contributed by atoms with Crippen LogP contribution in [0.1, 0.15) is 6.42 Å². The van der Waals surface area contributed by atoms with E-state index in [1.807, 2.05) is 0 Å². The standard InChI is InChI=1S/C4H6NO/c6-4-1-2-5-3-4/h2-4,6H,1H2/q-1/t4-/m0/s1. The van der Waals surface area contributed by atoms with Crippen molar-refractivity contribution in [3.8, 4) is 0 Å². The van der Waals surface area contributed by atoms with Crippen LogP contribution in [-0.4, -0.2) is 17.4 Å². The van der Waals surface area contributed by atoms with Crippen molar-refractivity contribution in [2.24, 2.45) is 4.99 Å². The first kappa shape index (κ1) is 3.68. The fraction of sp³-hybridized carbons (Fsp3) is 0.500. The van der Waals surface area contributed by atoms with Crippen molar-refractivity contribution in [2.45, 2.75) is 12.5 Å². The molecule has 0 saturated carbocycles. The first-order chi connectivity index (χ1) is 2.89. The third-order valence-electron chi connectivity index (χ3n) is 0.710. The molecule has 0 unspecified atom stereocenters. The van der Waals surface area contributed by atoms with Gasteiger partial charge >= 0.3 is 0 Å². The molecular formula is C4H6NO-. The van der Waals surface area contributed by atoms with Crippen LogP contribution >= 0.6 is 0 Å². The predicted octanol–water partition coefficient (Wildman–Crippen LogP) is -0.0164. The van der Waals surface area contributed by atoms with E-state index in [4.69, 9.17) is 5.11 Å². The maximum absolute atomic E-state index is 8.55. The van der Waals surface area contributed by atoms with Crippen LogP contribution in [0.15, 0.2) is 4.99 Å². The highest BCUT2D eigenvalue weighted by Gasteiger charge is 1.91. The van der Waals surface area contributed by atoms with Crippen molar-refractivity contribution < 1.29 is 5.11 Å². The van der Waals surface area contributed by atoms with Gasteiger partial charge in [-0.25, -0.2) is 0 Å². The number of nitrogens with zero attached hydrogens (tertiary/aromatic N) is 1. The molecule has 0 aromatic carbocycles. The van der Waals surface area contributed by atoms with Gasteiger partial charge in [0.05, 0.1) is 0 Å². The van der Waals surface area contributed by atoms with E-state index >= 15 is 0 Å². The van der Waals surface area contributed by atoms with Crippen LogP contribution in [0.3, 0.4) is 0 Å². The summed E-state index contributed by atoms with van der Waals surface area (Å²) in [5, 5.41) is 8.55. The van der Waals surface area contributed by atoms with Crippen LogP contribution < -0.4 is 0 Å². The van der Waals surface area contributed by atoms with Gasteiger partial charge < -0.3 is 10.1 Å². The Morgan fingerprint density at radius 1 is 2.00 bits per heavy atom. The predicted molar refractivity (Wildman–Crippen MR) is 23.4 cm³/mol. The topological polar surface area (TPSA) is 32.6 Å². The second kappa shape index (κ2) is 1.30. The third-order valence-corrected chi connectivity index (χ3v) is 0.710. The van der Waals surface area contributed by atoms with Crippen molar-refractivity contribution in [1.82, 2.24) is 0 Å². The molecule has 0 aliphatic carbocycles. The van der Waals surface area contributed by atoms with Gasteiger partial charge in [0.1, 0.15) is 0 Å². The van der Waals surface area contributed by atoms with Gasteiger partial charge in [0.15, 0.2) is 0 Å². The first-order valence-electron chi connectivity index (χ1n) is 1.92. The molecule has 0 aromatic rings. The minimum atomic E-state index is -0.301. The molecule has 0 saturated heterocycles. The molecule has 2 nitrogen and oxygen atoms in total. The average Bonchev–Trinajstić information content (AvgIpc) is 1.86. The summed E-state index contributed by atoms with van der Waals surface area (Å²) in [6.07, 6.45) is 1.92. The molecule has 1 atom stereocenters. The van der Waals surface area contributed by atoms with Gasteiger partial charge in [-0.3, -0.25) is 0 Å². The van der Waals surface area contributed by atoms with E-state index in [0.717, 1.165) is 0 Å². The molecule has 1 rings (SSSR count). The summed E-state index contributed by atoms with van der Waals surface area (Å²) in [5.74, 6) is 0. The Bertz CT molecular complexity index is 69.9. The minimum Gasteiger partial charge on any atom is -0.455 e. The summed E-state index contributed by atoms with van der Waals surface area (Å²) in [6, 6.07) is 0. The maximum Gasteiger partial charge on any atom is 0.0136 e. The molecule has 1 aliphatic rings. The highest BCUT2D eigenvalue weighted by atomic mass is 16.3. The van der Waals surface area contributed by atoms with Crippen LogP contribution in [0.2, 0.25) is 0 Å². The molecule has 0 spiro atoms. The van der Waals surface area contributed by atoms with Gasteiger partial charge in [-0.2, -0.15) is 0 Å². The van der Waals surface area contributed by atoms with Gasteiger partial charge in [0, 0.05) is 6.10 Å². The summed E-state index contributed by atoms with van der Waals surface area (Å²) in [4.78, 5) is 3.66. The lowest BCUT2D eigenvalue weighted by Gasteiger charge is -1.94. The molecule has 2 heteroatoms. The molecule has 1 heterocycles. The van der Waals surface area contributed by atoms with Crippen LogP contribution in [0.25, 0.3) is 0 Å². The Balaban J connectivity index is 2.38. The highest BCUT2D eigenvalue weighted by Crippen LogP contribution is 2.00. The van der Waals surface area contributed by atoms with Gasteiger partial charge in [0.2, 0.25) is 0 Å². The summed E-state index contributed by atoms with van der Waals surface area (Å²) in [5.41, 5.74) is 0. The smallest absolute Gasteiger partial charge is 0.0136 e. The zero-order valence-corrected chi connectivity index (χ0v) is 3.33. The Morgan fingerprint density at radius 2 is 2.83 bits per heavy atom. The number of hydrogen-bond acceptors (Lipinski definition) is 2. The number of aliphatic hydroxyl groups excluding tert-OH is 1. The fourth-order valence-corrected chi connectivity index (χ4v) is 0.390. The molecular weight excluding hydrogens is 78.0 g/mol. The largest absolute Gasteiger partial charge is 0.455 e. The molecule has 34 valence electrons. The lowest BCUT2D eigenvalue weighted by Crippen LogP contribution is -1.99. The Labute approximate surface area is 36.5 Å². The van der Waals surface area contributed by atoms with Crippen molar-refractivity contribution in [2.75, 3.05) is 0 Å². The lowest BCUT2D eigenvalue weighted by molar-refractivity contribution is 0.252. The SMILES string of the molecule is O[C@@H]1C=N[CH-]C1. The summed E-state index contributed by atoms with van der Waals surface area (Å²) >= 11 is 0. The number of rotatable bonds is 0. The normalized spacial score (nSPS) is 30.5. The minimum absolute atomic E-state index is 0.301. The van der Waals surface area contributed by atoms with Crippen molar-refractivity contribution in [3.63, 3.8) is 0 Å². The average molecular weight is 84.1 g/mol. The van der Waals surface area contributed by atoms with Gasteiger partial charge in [-0.15, -0.1) is 12.8 Å². The van der Waals surface area contributed by atoms with E-state index in [-0.39, 0.29) is 6.10 Å². The number of aliphatic hydroxyl groups is 1. The second-order valence-electron chi connectivity index (χ2n) is 1.28. The van der Waals surface area contributed by atoms with Crippen molar-refractivity contribution >= 4 is 6.21 Å². The van der Waals surface area contributed by atoms with E-state index < -0.39 is 0 Å². The maximum atomic E-state index is 8.55. The highest BCUT2D eigenvalue weighted by molar-refractivity contribution is 5.65. The van der Waals surface area contributed by atoms with Crippen LogP contribution in [-0.2, 0) is 0 Å². The number of aliphatic imine (C=N–C) groups is 1. The summed E-state index contributed by atoms with van der Waals surface area (Å²) in [6.45, 7) is 1.70. The molecule has 0 amide bonds. The molecule has 0 bridgehead atoms. The van der Waals surface area contributed by atoms with E-state index in [0.29, 0.717) is 6.42 Å². The molecule has 1 aliphatic heterocycles. The third kappa shape index (κ3) is 0.518. The molecule has 0 radical (unpaired) electrons. The summed E-state index contributed by atoms with van der Waals surface area (Å²) < 4.78 is 0. The summed E-state index contributed by atoms with van der Waals surface area (Å²) in [7, 11) is 0. The van der Waals surface area contributed by atoms with Gasteiger partial charge in [-0.05, 0) is 0 Å². The van der Waals surface area contributed by atoms with Gasteiger partial charge in [0.25, 0.3) is 0 Å². The Kier molecular flexibility index (Phi) is 0.801. The monoisotopic (exact) mass is 84.0 g/mol. The van der Waals surface area contributed by atoms with Crippen LogP contribution in [0.4, 0.5) is 0 Å².